The molecule has 1 amide bonds. The number of amides is 1. The van der Waals surface area contributed by atoms with Gasteiger partial charge >= 0.3 is 0 Å². The first-order valence-electron chi connectivity index (χ1n) is 9.54. The van der Waals surface area contributed by atoms with E-state index in [-0.39, 0.29) is 11.9 Å². The molecule has 1 saturated heterocycles. The van der Waals surface area contributed by atoms with Gasteiger partial charge < -0.3 is 18.9 Å². The van der Waals surface area contributed by atoms with E-state index in [4.69, 9.17) is 9.47 Å². The lowest BCUT2D eigenvalue weighted by molar-refractivity contribution is -0.132. The Hall–Kier alpha value is -2.34. The van der Waals surface area contributed by atoms with Crippen molar-refractivity contribution in [3.63, 3.8) is 0 Å². The lowest BCUT2D eigenvalue weighted by atomic mass is 10.0. The molecule has 0 N–H and O–H groups in total. The number of likely N-dealkylation sites (tertiary alicyclic amines) is 1. The first-order chi connectivity index (χ1) is 13.1. The molecule has 0 radical (unpaired) electrons. The molecular weight excluding hydrogens is 342 g/mol. The summed E-state index contributed by atoms with van der Waals surface area (Å²) in [6.45, 7) is 4.15. The minimum Gasteiger partial charge on any atom is -0.497 e. The number of methoxy groups -OCH3 is 2. The Kier molecular flexibility index (Phi) is 6.50. The largest absolute Gasteiger partial charge is 0.497 e. The predicted molar refractivity (Wildman–Crippen MR) is 104 cm³/mol. The Morgan fingerprint density at radius 1 is 1.26 bits per heavy atom. The quantitative estimate of drug-likeness (QED) is 0.750. The van der Waals surface area contributed by atoms with Crippen molar-refractivity contribution in [3.05, 3.63) is 47.5 Å². The fourth-order valence-electron chi connectivity index (χ4n) is 3.82. The summed E-state index contributed by atoms with van der Waals surface area (Å²) in [6.07, 6.45) is 5.26. The molecule has 1 unspecified atom stereocenters. The highest BCUT2D eigenvalue weighted by Crippen LogP contribution is 2.25. The minimum atomic E-state index is 0.224. The van der Waals surface area contributed by atoms with Crippen molar-refractivity contribution < 1.29 is 14.3 Å². The molecule has 3 rings (SSSR count). The van der Waals surface area contributed by atoms with Gasteiger partial charge in [0.1, 0.15) is 18.2 Å². The monoisotopic (exact) mass is 371 g/mol. The molecule has 146 valence electrons. The summed E-state index contributed by atoms with van der Waals surface area (Å²) < 4.78 is 12.7. The van der Waals surface area contributed by atoms with Crippen molar-refractivity contribution in [2.24, 2.45) is 0 Å². The molecule has 1 aliphatic heterocycles. The van der Waals surface area contributed by atoms with Crippen LogP contribution in [0.15, 0.2) is 30.5 Å². The van der Waals surface area contributed by atoms with Crippen LogP contribution >= 0.6 is 0 Å². The van der Waals surface area contributed by atoms with Crippen LogP contribution in [0.2, 0.25) is 0 Å². The van der Waals surface area contributed by atoms with Gasteiger partial charge in [0.25, 0.3) is 0 Å². The standard InChI is InChI=1S/C21H29N3O3/c1-16-13-22-20(15-26-2)24(16)18-5-4-12-23(14-18)21(25)11-8-17-6-9-19(27-3)10-7-17/h6-7,9-10,13,18H,4-5,8,11-12,14-15H2,1-3H3. The van der Waals surface area contributed by atoms with E-state index < -0.39 is 0 Å². The molecule has 1 aliphatic rings. The number of carbonyl (C=O) groups is 1. The molecule has 0 aliphatic carbocycles. The number of aromatic nitrogens is 2. The van der Waals surface area contributed by atoms with Crippen LogP contribution in [0.4, 0.5) is 0 Å². The van der Waals surface area contributed by atoms with Crippen LogP contribution in [0.25, 0.3) is 0 Å². The third-order valence-electron chi connectivity index (χ3n) is 5.23. The second-order valence-corrected chi connectivity index (χ2v) is 7.10. The summed E-state index contributed by atoms with van der Waals surface area (Å²) in [6, 6.07) is 8.20. The average molecular weight is 371 g/mol. The van der Waals surface area contributed by atoms with Crippen molar-refractivity contribution in [2.75, 3.05) is 27.3 Å². The van der Waals surface area contributed by atoms with Gasteiger partial charge in [0, 0.05) is 38.5 Å². The number of nitrogens with zero attached hydrogens (tertiary/aromatic N) is 3. The lowest BCUT2D eigenvalue weighted by Gasteiger charge is -2.35. The molecule has 6 nitrogen and oxygen atoms in total. The van der Waals surface area contributed by atoms with E-state index in [1.165, 1.54) is 0 Å². The average Bonchev–Trinajstić information content (AvgIpc) is 3.07. The molecule has 0 spiro atoms. The first kappa shape index (κ1) is 19.4. The third-order valence-corrected chi connectivity index (χ3v) is 5.23. The van der Waals surface area contributed by atoms with E-state index in [1.807, 2.05) is 35.4 Å². The van der Waals surface area contributed by atoms with Gasteiger partial charge in [0.15, 0.2) is 0 Å². The highest BCUT2D eigenvalue weighted by molar-refractivity contribution is 5.76. The van der Waals surface area contributed by atoms with E-state index in [2.05, 4.69) is 16.5 Å². The highest BCUT2D eigenvalue weighted by Gasteiger charge is 2.26. The molecule has 1 aromatic heterocycles. The van der Waals surface area contributed by atoms with Gasteiger partial charge in [0.2, 0.25) is 5.91 Å². The molecule has 1 fully saturated rings. The Balaban J connectivity index is 1.60. The number of hydrogen-bond donors (Lipinski definition) is 0. The summed E-state index contributed by atoms with van der Waals surface area (Å²) >= 11 is 0. The van der Waals surface area contributed by atoms with Gasteiger partial charge in [-0.25, -0.2) is 4.98 Å². The van der Waals surface area contributed by atoms with Gasteiger partial charge in [-0.1, -0.05) is 12.1 Å². The van der Waals surface area contributed by atoms with Crippen molar-refractivity contribution in [1.29, 1.82) is 0 Å². The van der Waals surface area contributed by atoms with Gasteiger partial charge in [-0.05, 0) is 43.9 Å². The second-order valence-electron chi connectivity index (χ2n) is 7.10. The fourth-order valence-corrected chi connectivity index (χ4v) is 3.82. The maximum Gasteiger partial charge on any atom is 0.222 e. The topological polar surface area (TPSA) is 56.6 Å². The Bertz CT molecular complexity index is 755. The molecule has 1 atom stereocenters. The Labute approximate surface area is 161 Å². The number of aryl methyl sites for hydroxylation is 2. The van der Waals surface area contributed by atoms with E-state index in [1.54, 1.807) is 14.2 Å². The number of imidazole rings is 1. The molecule has 2 aromatic rings. The van der Waals surface area contributed by atoms with Crippen molar-refractivity contribution in [3.8, 4) is 5.75 Å². The van der Waals surface area contributed by atoms with Crippen LogP contribution in [-0.2, 0) is 22.6 Å². The zero-order valence-corrected chi connectivity index (χ0v) is 16.5. The van der Waals surface area contributed by atoms with Gasteiger partial charge in [-0.3, -0.25) is 4.79 Å². The highest BCUT2D eigenvalue weighted by atomic mass is 16.5. The van der Waals surface area contributed by atoms with Gasteiger partial charge in [-0.2, -0.15) is 0 Å². The maximum absolute atomic E-state index is 12.8. The lowest BCUT2D eigenvalue weighted by Crippen LogP contribution is -2.41. The van der Waals surface area contributed by atoms with Gasteiger partial charge in [-0.15, -0.1) is 0 Å². The minimum absolute atomic E-state index is 0.224. The maximum atomic E-state index is 12.8. The van der Waals surface area contributed by atoms with Crippen LogP contribution < -0.4 is 4.74 Å². The van der Waals surface area contributed by atoms with E-state index in [0.717, 1.165) is 55.2 Å². The number of hydrogen-bond acceptors (Lipinski definition) is 4. The van der Waals surface area contributed by atoms with Crippen molar-refractivity contribution in [2.45, 2.75) is 45.3 Å². The van der Waals surface area contributed by atoms with Crippen LogP contribution in [-0.4, -0.2) is 47.7 Å². The van der Waals surface area contributed by atoms with E-state index in [0.29, 0.717) is 13.0 Å². The summed E-state index contributed by atoms with van der Waals surface area (Å²) in [5.41, 5.74) is 2.28. The summed E-state index contributed by atoms with van der Waals surface area (Å²) in [5.74, 6) is 2.00. The van der Waals surface area contributed by atoms with Crippen LogP contribution in [0, 0.1) is 6.92 Å². The Morgan fingerprint density at radius 3 is 2.74 bits per heavy atom. The van der Waals surface area contributed by atoms with E-state index in [9.17, 15) is 4.79 Å². The van der Waals surface area contributed by atoms with Crippen molar-refractivity contribution >= 4 is 5.91 Å². The molecule has 1 aromatic carbocycles. The second kappa shape index (κ2) is 9.04. The number of benzene rings is 1. The zero-order valence-electron chi connectivity index (χ0n) is 16.5. The van der Waals surface area contributed by atoms with Crippen LogP contribution in [0.5, 0.6) is 5.75 Å². The third kappa shape index (κ3) is 4.69. The fraction of sp³-hybridized carbons (Fsp3) is 0.524. The van der Waals surface area contributed by atoms with Crippen LogP contribution in [0.3, 0.4) is 0 Å². The number of piperidine rings is 1. The summed E-state index contributed by atoms with van der Waals surface area (Å²) in [7, 11) is 3.34. The van der Waals surface area contributed by atoms with Gasteiger partial charge in [0.05, 0.1) is 13.2 Å². The SMILES string of the molecule is COCc1ncc(C)n1C1CCCN(C(=O)CCc2ccc(OC)cc2)C1. The zero-order chi connectivity index (χ0) is 19.2. The smallest absolute Gasteiger partial charge is 0.222 e. The number of carbonyl (C=O) groups excluding carboxylic acids is 1. The molecule has 6 heteroatoms. The molecular formula is C21H29N3O3. The summed E-state index contributed by atoms with van der Waals surface area (Å²) in [5, 5.41) is 0. The molecule has 0 bridgehead atoms. The number of rotatable bonds is 7. The van der Waals surface area contributed by atoms with Crippen LogP contribution in [0.1, 0.15) is 42.4 Å². The first-order valence-corrected chi connectivity index (χ1v) is 9.54. The van der Waals surface area contributed by atoms with E-state index >= 15 is 0 Å². The Morgan fingerprint density at radius 2 is 2.04 bits per heavy atom. The molecule has 0 saturated carbocycles. The predicted octanol–water partition coefficient (Wildman–Crippen LogP) is 3.14. The summed E-state index contributed by atoms with van der Waals surface area (Å²) in [4.78, 5) is 19.2. The molecule has 2 heterocycles. The molecule has 27 heavy (non-hydrogen) atoms. The normalized spacial score (nSPS) is 17.1. The number of ether oxygens (including phenoxy) is 2. The van der Waals surface area contributed by atoms with Crippen molar-refractivity contribution in [1.82, 2.24) is 14.5 Å².